The van der Waals surface area contributed by atoms with E-state index in [1.807, 2.05) is 24.3 Å². The van der Waals surface area contributed by atoms with Crippen LogP contribution in [-0.4, -0.2) is 43.5 Å². The van der Waals surface area contributed by atoms with Crippen molar-refractivity contribution in [1.29, 1.82) is 0 Å². The second-order valence-electron chi connectivity index (χ2n) is 4.27. The van der Waals surface area contributed by atoms with Gasteiger partial charge in [-0.2, -0.15) is 4.52 Å². The van der Waals surface area contributed by atoms with Crippen LogP contribution in [0.2, 0.25) is 0 Å². The molecule has 1 atom stereocenters. The summed E-state index contributed by atoms with van der Waals surface area (Å²) in [5, 5.41) is 20.6. The number of carbonyl (C=O) groups excluding carboxylic acids is 1. The number of hydrogen-bond acceptors (Lipinski definition) is 6. The van der Waals surface area contributed by atoms with Crippen molar-refractivity contribution in [2.24, 2.45) is 5.73 Å². The summed E-state index contributed by atoms with van der Waals surface area (Å²) in [6, 6.07) is 6.56. The topological polar surface area (TPSA) is 118 Å². The number of nitrogens with two attached hydrogens (primary N) is 1. The molecule has 0 radical (unpaired) electrons. The van der Waals surface area contributed by atoms with Crippen molar-refractivity contribution in [2.45, 2.75) is 6.04 Å². The molecule has 0 spiro atoms. The molecule has 3 aromatic rings. The highest BCUT2D eigenvalue weighted by Crippen LogP contribution is 2.20. The Morgan fingerprint density at radius 3 is 3.00 bits per heavy atom. The minimum absolute atomic E-state index is 0.300. The third kappa shape index (κ3) is 1.91. The van der Waals surface area contributed by atoms with E-state index < -0.39 is 18.6 Å². The van der Waals surface area contributed by atoms with Crippen LogP contribution in [0, 0.1) is 0 Å². The number of amides is 1. The van der Waals surface area contributed by atoms with E-state index in [1.54, 1.807) is 6.20 Å². The zero-order chi connectivity index (χ0) is 14.1. The van der Waals surface area contributed by atoms with Crippen molar-refractivity contribution in [2.75, 3.05) is 11.9 Å². The van der Waals surface area contributed by atoms with Crippen LogP contribution in [-0.2, 0) is 4.79 Å². The molecular formula is C12H12N6O2. The molecule has 1 aromatic carbocycles. The van der Waals surface area contributed by atoms with Crippen LogP contribution in [0.25, 0.3) is 16.4 Å². The number of aliphatic hydroxyl groups excluding tert-OH is 1. The first-order valence-electron chi connectivity index (χ1n) is 5.96. The van der Waals surface area contributed by atoms with Gasteiger partial charge in [0.2, 0.25) is 11.9 Å². The lowest BCUT2D eigenvalue weighted by atomic mass is 10.2. The van der Waals surface area contributed by atoms with Gasteiger partial charge >= 0.3 is 0 Å². The van der Waals surface area contributed by atoms with E-state index in [-0.39, 0.29) is 0 Å². The van der Waals surface area contributed by atoms with Crippen LogP contribution in [0.15, 0.2) is 30.5 Å². The molecule has 0 saturated carbocycles. The summed E-state index contributed by atoms with van der Waals surface area (Å²) in [4.78, 5) is 15.6. The van der Waals surface area contributed by atoms with E-state index in [0.29, 0.717) is 5.95 Å². The van der Waals surface area contributed by atoms with Crippen LogP contribution in [0.5, 0.6) is 0 Å². The van der Waals surface area contributed by atoms with Gasteiger partial charge in [-0.1, -0.05) is 23.4 Å². The Balaban J connectivity index is 2.18. The van der Waals surface area contributed by atoms with Gasteiger partial charge in [-0.05, 0) is 6.07 Å². The average molecular weight is 272 g/mol. The minimum atomic E-state index is -0.934. The number of nitrogens with zero attached hydrogens (tertiary/aromatic N) is 4. The summed E-state index contributed by atoms with van der Waals surface area (Å²) in [6.07, 6.45) is 1.60. The van der Waals surface area contributed by atoms with Crippen molar-refractivity contribution in [3.05, 3.63) is 30.5 Å². The quantitative estimate of drug-likeness (QED) is 0.591. The van der Waals surface area contributed by atoms with Crippen molar-refractivity contribution >= 4 is 28.3 Å². The lowest BCUT2D eigenvalue weighted by Crippen LogP contribution is -2.39. The molecule has 2 aromatic heterocycles. The number of rotatable bonds is 4. The van der Waals surface area contributed by atoms with Crippen LogP contribution in [0.4, 0.5) is 5.95 Å². The Kier molecular flexibility index (Phi) is 2.92. The van der Waals surface area contributed by atoms with Crippen LogP contribution < -0.4 is 11.1 Å². The van der Waals surface area contributed by atoms with E-state index in [2.05, 4.69) is 20.6 Å². The standard InChI is InChI=1S/C12H12N6O2/c13-11(20)9(6-19)16-12-15-8-4-2-1-3-7(8)10-5-14-17-18(10)12/h1-5,9,19H,6H2,(H2,13,20)(H,15,16)/t9-/m0/s1. The Labute approximate surface area is 113 Å². The lowest BCUT2D eigenvalue weighted by Gasteiger charge is -2.14. The lowest BCUT2D eigenvalue weighted by molar-refractivity contribution is -0.119. The summed E-state index contributed by atoms with van der Waals surface area (Å²) in [6.45, 7) is -0.431. The van der Waals surface area contributed by atoms with E-state index in [1.165, 1.54) is 4.52 Å². The molecule has 0 aliphatic rings. The third-order valence-corrected chi connectivity index (χ3v) is 2.99. The van der Waals surface area contributed by atoms with Crippen molar-refractivity contribution < 1.29 is 9.90 Å². The second-order valence-corrected chi connectivity index (χ2v) is 4.27. The SMILES string of the molecule is NC(=O)[C@H](CO)Nc1nc2ccccc2c2cnnn12. The molecule has 2 heterocycles. The second kappa shape index (κ2) is 4.74. The number of primary amides is 1. The normalized spacial score (nSPS) is 12.7. The number of para-hydroxylation sites is 1. The van der Waals surface area contributed by atoms with Crippen molar-refractivity contribution in [1.82, 2.24) is 19.8 Å². The van der Waals surface area contributed by atoms with E-state index in [4.69, 9.17) is 10.8 Å². The van der Waals surface area contributed by atoms with Crippen LogP contribution in [0.3, 0.4) is 0 Å². The molecule has 0 unspecified atom stereocenters. The monoisotopic (exact) mass is 272 g/mol. The zero-order valence-corrected chi connectivity index (χ0v) is 10.4. The smallest absolute Gasteiger partial charge is 0.242 e. The summed E-state index contributed by atoms with van der Waals surface area (Å²) < 4.78 is 1.47. The molecule has 0 fully saturated rings. The predicted molar refractivity (Wildman–Crippen MR) is 72.0 cm³/mol. The molecule has 8 heteroatoms. The number of anilines is 1. The zero-order valence-electron chi connectivity index (χ0n) is 10.4. The molecular weight excluding hydrogens is 260 g/mol. The maximum Gasteiger partial charge on any atom is 0.242 e. The van der Waals surface area contributed by atoms with Crippen molar-refractivity contribution in [3.63, 3.8) is 0 Å². The molecule has 0 aliphatic heterocycles. The number of aromatic nitrogens is 4. The average Bonchev–Trinajstić information content (AvgIpc) is 2.94. The largest absolute Gasteiger partial charge is 0.394 e. The van der Waals surface area contributed by atoms with Crippen molar-refractivity contribution in [3.8, 4) is 0 Å². The van der Waals surface area contributed by atoms with E-state index in [9.17, 15) is 4.79 Å². The predicted octanol–water partition coefficient (Wildman–Crippen LogP) is -0.464. The fraction of sp³-hybridized carbons (Fsp3) is 0.167. The first kappa shape index (κ1) is 12.3. The molecule has 3 rings (SSSR count). The maximum atomic E-state index is 11.2. The molecule has 0 aliphatic carbocycles. The van der Waals surface area contributed by atoms with Crippen LogP contribution >= 0.6 is 0 Å². The molecule has 102 valence electrons. The molecule has 1 amide bonds. The number of benzene rings is 1. The number of fused-ring (bicyclic) bond motifs is 3. The fourth-order valence-corrected chi connectivity index (χ4v) is 1.98. The first-order valence-corrected chi connectivity index (χ1v) is 5.96. The van der Waals surface area contributed by atoms with E-state index >= 15 is 0 Å². The third-order valence-electron chi connectivity index (χ3n) is 2.99. The minimum Gasteiger partial charge on any atom is -0.394 e. The number of carbonyl (C=O) groups is 1. The molecule has 0 saturated heterocycles. The maximum absolute atomic E-state index is 11.2. The van der Waals surface area contributed by atoms with Gasteiger partial charge in [-0.15, -0.1) is 5.10 Å². The highest BCUT2D eigenvalue weighted by Gasteiger charge is 2.17. The Hall–Kier alpha value is -2.74. The summed E-state index contributed by atoms with van der Waals surface area (Å²) >= 11 is 0. The van der Waals surface area contributed by atoms with Gasteiger partial charge < -0.3 is 16.2 Å². The van der Waals surface area contributed by atoms with Gasteiger partial charge in [0.1, 0.15) is 6.04 Å². The summed E-state index contributed by atoms with van der Waals surface area (Å²) in [5.74, 6) is -0.371. The van der Waals surface area contributed by atoms with Gasteiger partial charge in [-0.3, -0.25) is 4.79 Å². The summed E-state index contributed by atoms with van der Waals surface area (Å²) in [7, 11) is 0. The Bertz CT molecular complexity index is 784. The van der Waals surface area contributed by atoms with Gasteiger partial charge in [0, 0.05) is 5.39 Å². The molecule has 4 N–H and O–H groups in total. The van der Waals surface area contributed by atoms with Gasteiger partial charge in [-0.25, -0.2) is 4.98 Å². The molecule has 0 bridgehead atoms. The fourth-order valence-electron chi connectivity index (χ4n) is 1.98. The van der Waals surface area contributed by atoms with Crippen LogP contribution in [0.1, 0.15) is 0 Å². The number of aliphatic hydroxyl groups is 1. The highest BCUT2D eigenvalue weighted by molar-refractivity contribution is 5.94. The van der Waals surface area contributed by atoms with Gasteiger partial charge in [0.25, 0.3) is 0 Å². The van der Waals surface area contributed by atoms with Gasteiger partial charge in [0.15, 0.2) is 0 Å². The van der Waals surface area contributed by atoms with Gasteiger partial charge in [0.05, 0.1) is 23.8 Å². The number of hydrogen-bond donors (Lipinski definition) is 3. The number of nitrogens with one attached hydrogen (secondary N) is 1. The highest BCUT2D eigenvalue weighted by atomic mass is 16.3. The Morgan fingerprint density at radius 2 is 2.25 bits per heavy atom. The summed E-state index contributed by atoms with van der Waals surface area (Å²) in [5.41, 5.74) is 6.67. The molecule has 8 nitrogen and oxygen atoms in total. The Morgan fingerprint density at radius 1 is 1.45 bits per heavy atom. The molecule has 20 heavy (non-hydrogen) atoms. The van der Waals surface area contributed by atoms with E-state index in [0.717, 1.165) is 16.4 Å². The first-order chi connectivity index (χ1) is 9.70.